The normalized spacial score (nSPS) is 22.5. The number of aryl methyl sites for hydroxylation is 2. The van der Waals surface area contributed by atoms with Crippen LogP contribution in [0.25, 0.3) is 0 Å². The molecule has 6 nitrogen and oxygen atoms in total. The Morgan fingerprint density at radius 3 is 2.57 bits per heavy atom. The SMILES string of the molecule is CCN1CCN(CCNC(=NC)N2CCOC(c3ccc(C)cc3C)C2)CC1. The van der Waals surface area contributed by atoms with Crippen molar-refractivity contribution in [2.24, 2.45) is 4.99 Å². The van der Waals surface area contributed by atoms with Gasteiger partial charge in [-0.2, -0.15) is 0 Å². The molecule has 0 spiro atoms. The highest BCUT2D eigenvalue weighted by Gasteiger charge is 2.25. The molecule has 1 unspecified atom stereocenters. The fourth-order valence-corrected chi connectivity index (χ4v) is 4.20. The maximum absolute atomic E-state index is 6.09. The third-order valence-corrected chi connectivity index (χ3v) is 5.97. The summed E-state index contributed by atoms with van der Waals surface area (Å²) in [7, 11) is 1.88. The van der Waals surface area contributed by atoms with Crippen molar-refractivity contribution in [3.63, 3.8) is 0 Å². The molecule has 1 N–H and O–H groups in total. The van der Waals surface area contributed by atoms with Crippen LogP contribution >= 0.6 is 0 Å². The molecule has 1 atom stereocenters. The summed E-state index contributed by atoms with van der Waals surface area (Å²) in [5, 5.41) is 3.57. The Bertz CT molecular complexity index is 654. The molecular weight excluding hydrogens is 350 g/mol. The van der Waals surface area contributed by atoms with Gasteiger partial charge in [0.1, 0.15) is 6.10 Å². The van der Waals surface area contributed by atoms with Crippen LogP contribution < -0.4 is 5.32 Å². The Balaban J connectivity index is 1.50. The number of guanidine groups is 1. The molecule has 6 heteroatoms. The molecule has 0 bridgehead atoms. The van der Waals surface area contributed by atoms with Gasteiger partial charge in [-0.3, -0.25) is 9.89 Å². The highest BCUT2D eigenvalue weighted by molar-refractivity contribution is 5.80. The number of rotatable bonds is 5. The van der Waals surface area contributed by atoms with Crippen LogP contribution in [0.4, 0.5) is 0 Å². The van der Waals surface area contributed by atoms with Gasteiger partial charge in [0.25, 0.3) is 0 Å². The third kappa shape index (κ3) is 5.46. The Labute approximate surface area is 170 Å². The topological polar surface area (TPSA) is 43.3 Å². The number of nitrogens with one attached hydrogen (secondary N) is 1. The van der Waals surface area contributed by atoms with Gasteiger partial charge in [0, 0.05) is 52.9 Å². The average molecular weight is 388 g/mol. The van der Waals surface area contributed by atoms with Crippen molar-refractivity contribution in [3.05, 3.63) is 34.9 Å². The minimum absolute atomic E-state index is 0.107. The summed E-state index contributed by atoms with van der Waals surface area (Å²) in [5.74, 6) is 0.991. The second-order valence-corrected chi connectivity index (χ2v) is 7.92. The zero-order valence-electron chi connectivity index (χ0n) is 18.1. The first kappa shape index (κ1) is 21.1. The zero-order valence-corrected chi connectivity index (χ0v) is 18.1. The van der Waals surface area contributed by atoms with Crippen molar-refractivity contribution in [1.82, 2.24) is 20.0 Å². The van der Waals surface area contributed by atoms with Crippen LogP contribution in [0.5, 0.6) is 0 Å². The number of ether oxygens (including phenoxy) is 1. The van der Waals surface area contributed by atoms with Gasteiger partial charge in [0.2, 0.25) is 0 Å². The molecule has 0 saturated carbocycles. The van der Waals surface area contributed by atoms with Crippen LogP contribution in [0.2, 0.25) is 0 Å². The minimum atomic E-state index is 0.107. The standard InChI is InChI=1S/C22H37N5O/c1-5-25-10-12-26(13-11-25)9-8-24-22(23-4)27-14-15-28-21(17-27)20-7-6-18(2)16-19(20)3/h6-7,16,21H,5,8-15,17H2,1-4H3,(H,23,24). The highest BCUT2D eigenvalue weighted by atomic mass is 16.5. The molecule has 2 fully saturated rings. The van der Waals surface area contributed by atoms with Gasteiger partial charge in [-0.1, -0.05) is 30.7 Å². The molecule has 2 aliphatic heterocycles. The lowest BCUT2D eigenvalue weighted by Crippen LogP contribution is -2.51. The number of piperazine rings is 1. The van der Waals surface area contributed by atoms with Crippen molar-refractivity contribution in [3.8, 4) is 0 Å². The number of benzene rings is 1. The number of hydrogen-bond acceptors (Lipinski definition) is 4. The second kappa shape index (κ2) is 10.2. The van der Waals surface area contributed by atoms with Gasteiger partial charge in [-0.25, -0.2) is 0 Å². The number of nitrogens with zero attached hydrogens (tertiary/aromatic N) is 4. The first-order valence-electron chi connectivity index (χ1n) is 10.7. The number of aliphatic imine (C=N–C) groups is 1. The van der Waals surface area contributed by atoms with E-state index in [0.717, 1.165) is 45.3 Å². The first-order chi connectivity index (χ1) is 13.6. The lowest BCUT2D eigenvalue weighted by molar-refractivity contribution is -0.00836. The molecule has 0 aliphatic carbocycles. The van der Waals surface area contributed by atoms with Gasteiger partial charge < -0.3 is 19.9 Å². The molecule has 3 rings (SSSR count). The lowest BCUT2D eigenvalue weighted by atomic mass is 10.00. The molecule has 1 aromatic carbocycles. The highest BCUT2D eigenvalue weighted by Crippen LogP contribution is 2.25. The van der Waals surface area contributed by atoms with E-state index in [4.69, 9.17) is 4.74 Å². The molecular formula is C22H37N5O. The van der Waals surface area contributed by atoms with Crippen LogP contribution in [0.15, 0.2) is 23.2 Å². The van der Waals surface area contributed by atoms with Crippen molar-refractivity contribution in [2.45, 2.75) is 26.9 Å². The van der Waals surface area contributed by atoms with E-state index in [2.05, 4.69) is 64.0 Å². The van der Waals surface area contributed by atoms with E-state index in [1.807, 2.05) is 7.05 Å². The summed E-state index contributed by atoms with van der Waals surface area (Å²) < 4.78 is 6.09. The molecule has 156 valence electrons. The van der Waals surface area contributed by atoms with Gasteiger partial charge in [-0.05, 0) is 31.5 Å². The van der Waals surface area contributed by atoms with Crippen molar-refractivity contribution < 1.29 is 4.74 Å². The molecule has 2 aliphatic rings. The zero-order chi connectivity index (χ0) is 19.9. The largest absolute Gasteiger partial charge is 0.370 e. The monoisotopic (exact) mass is 387 g/mol. The van der Waals surface area contributed by atoms with E-state index >= 15 is 0 Å². The average Bonchev–Trinajstić information content (AvgIpc) is 2.72. The van der Waals surface area contributed by atoms with E-state index in [0.29, 0.717) is 0 Å². The van der Waals surface area contributed by atoms with Gasteiger partial charge in [-0.15, -0.1) is 0 Å². The predicted molar refractivity (Wildman–Crippen MR) is 116 cm³/mol. The Morgan fingerprint density at radius 1 is 1.14 bits per heavy atom. The van der Waals surface area contributed by atoms with Crippen molar-refractivity contribution in [2.75, 3.05) is 72.6 Å². The second-order valence-electron chi connectivity index (χ2n) is 7.92. The summed E-state index contributed by atoms with van der Waals surface area (Å²) in [6.45, 7) is 16.9. The molecule has 0 aromatic heterocycles. The molecule has 28 heavy (non-hydrogen) atoms. The quantitative estimate of drug-likeness (QED) is 0.617. The van der Waals surface area contributed by atoms with Crippen molar-refractivity contribution in [1.29, 1.82) is 0 Å². The van der Waals surface area contributed by atoms with Crippen LogP contribution in [0.1, 0.15) is 29.7 Å². The van der Waals surface area contributed by atoms with Crippen LogP contribution in [0, 0.1) is 13.8 Å². The number of hydrogen-bond donors (Lipinski definition) is 1. The molecule has 2 saturated heterocycles. The van der Waals surface area contributed by atoms with Gasteiger partial charge >= 0.3 is 0 Å². The van der Waals surface area contributed by atoms with Crippen LogP contribution in [0.3, 0.4) is 0 Å². The van der Waals surface area contributed by atoms with E-state index in [1.54, 1.807) is 0 Å². The van der Waals surface area contributed by atoms with E-state index in [-0.39, 0.29) is 6.10 Å². The predicted octanol–water partition coefficient (Wildman–Crippen LogP) is 1.89. The Hall–Kier alpha value is -1.63. The molecule has 0 radical (unpaired) electrons. The van der Waals surface area contributed by atoms with Crippen molar-refractivity contribution >= 4 is 5.96 Å². The molecule has 0 amide bonds. The molecule has 2 heterocycles. The van der Waals surface area contributed by atoms with E-state index < -0.39 is 0 Å². The molecule has 1 aromatic rings. The Kier molecular flexibility index (Phi) is 7.71. The van der Waals surface area contributed by atoms with Gasteiger partial charge in [0.05, 0.1) is 13.2 Å². The number of morpholine rings is 1. The van der Waals surface area contributed by atoms with Gasteiger partial charge in [0.15, 0.2) is 5.96 Å². The summed E-state index contributed by atoms with van der Waals surface area (Å²) in [5.41, 5.74) is 3.90. The summed E-state index contributed by atoms with van der Waals surface area (Å²) >= 11 is 0. The van der Waals surface area contributed by atoms with Crippen LogP contribution in [-0.4, -0.2) is 93.2 Å². The minimum Gasteiger partial charge on any atom is -0.370 e. The Morgan fingerprint density at radius 2 is 1.89 bits per heavy atom. The fraction of sp³-hybridized carbons (Fsp3) is 0.682. The number of likely N-dealkylation sites (N-methyl/N-ethyl adjacent to an activating group) is 1. The first-order valence-corrected chi connectivity index (χ1v) is 10.7. The van der Waals surface area contributed by atoms with Crippen LogP contribution in [-0.2, 0) is 4.74 Å². The van der Waals surface area contributed by atoms with E-state index in [9.17, 15) is 0 Å². The lowest BCUT2D eigenvalue weighted by Gasteiger charge is -2.37. The maximum Gasteiger partial charge on any atom is 0.193 e. The maximum atomic E-state index is 6.09. The summed E-state index contributed by atoms with van der Waals surface area (Å²) in [4.78, 5) is 11.9. The smallest absolute Gasteiger partial charge is 0.193 e. The fourth-order valence-electron chi connectivity index (χ4n) is 4.20. The summed E-state index contributed by atoms with van der Waals surface area (Å²) in [6, 6.07) is 6.63. The van der Waals surface area contributed by atoms with E-state index in [1.165, 1.54) is 42.9 Å². The third-order valence-electron chi connectivity index (χ3n) is 5.97. The summed E-state index contributed by atoms with van der Waals surface area (Å²) in [6.07, 6.45) is 0.107.